The molecule has 1 amide bonds. The van der Waals surface area contributed by atoms with Gasteiger partial charge in [-0.1, -0.05) is 6.07 Å². The van der Waals surface area contributed by atoms with Gasteiger partial charge in [0.25, 0.3) is 11.6 Å². The van der Waals surface area contributed by atoms with Crippen molar-refractivity contribution in [1.82, 2.24) is 5.32 Å². The van der Waals surface area contributed by atoms with Gasteiger partial charge in [-0.3, -0.25) is 14.9 Å². The zero-order valence-electron chi connectivity index (χ0n) is 10.7. The first kappa shape index (κ1) is 13.7. The van der Waals surface area contributed by atoms with Gasteiger partial charge in [0.2, 0.25) is 0 Å². The highest BCUT2D eigenvalue weighted by Gasteiger charge is 2.13. The van der Waals surface area contributed by atoms with Gasteiger partial charge in [0.1, 0.15) is 0 Å². The van der Waals surface area contributed by atoms with Crippen molar-refractivity contribution < 1.29 is 9.72 Å². The maximum atomic E-state index is 12.1. The zero-order chi connectivity index (χ0) is 14.8. The summed E-state index contributed by atoms with van der Waals surface area (Å²) in [5, 5.41) is 16.3. The molecule has 2 heterocycles. The largest absolute Gasteiger partial charge is 0.346 e. The van der Waals surface area contributed by atoms with Crippen LogP contribution in [0, 0.1) is 10.1 Å². The van der Waals surface area contributed by atoms with Crippen molar-refractivity contribution in [3.8, 4) is 0 Å². The van der Waals surface area contributed by atoms with E-state index in [-0.39, 0.29) is 11.6 Å². The molecule has 0 saturated heterocycles. The number of nitro groups is 1. The number of hydrogen-bond donors (Lipinski definition) is 1. The minimum atomic E-state index is -0.437. The Kier molecular flexibility index (Phi) is 3.68. The van der Waals surface area contributed by atoms with Crippen molar-refractivity contribution in [2.24, 2.45) is 0 Å². The van der Waals surface area contributed by atoms with Gasteiger partial charge in [0.05, 0.1) is 16.3 Å². The monoisotopic (exact) mass is 318 g/mol. The third-order valence-corrected chi connectivity index (χ3v) is 4.93. The normalized spacial score (nSPS) is 10.7. The van der Waals surface area contributed by atoms with Gasteiger partial charge >= 0.3 is 0 Å². The fraction of sp³-hybridized carbons (Fsp3) is 0.0714. The Morgan fingerprint density at radius 1 is 1.29 bits per heavy atom. The number of nitrogens with one attached hydrogen (secondary N) is 1. The summed E-state index contributed by atoms with van der Waals surface area (Å²) in [5.41, 5.74) is 0.0332. The first-order valence-corrected chi connectivity index (χ1v) is 7.81. The van der Waals surface area contributed by atoms with Crippen LogP contribution in [-0.2, 0) is 6.54 Å². The number of carbonyl (C=O) groups is 1. The first-order chi connectivity index (χ1) is 10.1. The molecule has 0 aliphatic rings. The van der Waals surface area contributed by atoms with E-state index in [0.29, 0.717) is 11.4 Å². The molecular weight excluding hydrogens is 308 g/mol. The summed E-state index contributed by atoms with van der Waals surface area (Å²) >= 11 is 2.92. The third-order valence-electron chi connectivity index (χ3n) is 2.94. The average Bonchev–Trinajstić information content (AvgIpc) is 3.12. The molecule has 21 heavy (non-hydrogen) atoms. The molecule has 7 heteroatoms. The first-order valence-electron chi connectivity index (χ1n) is 6.12. The molecule has 5 nitrogen and oxygen atoms in total. The smallest absolute Gasteiger partial charge is 0.270 e. The number of carbonyl (C=O) groups excluding carboxylic acids is 1. The highest BCUT2D eigenvalue weighted by Crippen LogP contribution is 2.28. The second-order valence-electron chi connectivity index (χ2n) is 4.35. The Morgan fingerprint density at radius 2 is 2.14 bits per heavy atom. The lowest BCUT2D eigenvalue weighted by atomic mass is 10.2. The molecule has 0 fully saturated rings. The minimum absolute atomic E-state index is 0.0332. The number of nitro benzene ring substituents is 1. The molecule has 0 bridgehead atoms. The SMILES string of the molecule is O=C(NCc1cccs1)c1cc2cc([N+](=O)[O-])ccc2s1. The maximum absolute atomic E-state index is 12.1. The fourth-order valence-corrected chi connectivity index (χ4v) is 3.53. The number of nitrogens with zero attached hydrogens (tertiary/aromatic N) is 1. The predicted molar refractivity (Wildman–Crippen MR) is 84.0 cm³/mol. The van der Waals surface area contributed by atoms with Crippen molar-refractivity contribution in [3.05, 3.63) is 61.6 Å². The van der Waals surface area contributed by atoms with E-state index in [4.69, 9.17) is 0 Å². The van der Waals surface area contributed by atoms with E-state index >= 15 is 0 Å². The lowest BCUT2D eigenvalue weighted by Crippen LogP contribution is -2.21. The van der Waals surface area contributed by atoms with Gasteiger partial charge in [-0.15, -0.1) is 22.7 Å². The Hall–Kier alpha value is -2.25. The van der Waals surface area contributed by atoms with Crippen LogP contribution >= 0.6 is 22.7 Å². The molecule has 0 aliphatic carbocycles. The van der Waals surface area contributed by atoms with Gasteiger partial charge in [0.15, 0.2) is 0 Å². The van der Waals surface area contributed by atoms with Crippen molar-refractivity contribution >= 4 is 44.4 Å². The Labute approximate surface area is 128 Å². The van der Waals surface area contributed by atoms with Gasteiger partial charge in [-0.25, -0.2) is 0 Å². The quantitative estimate of drug-likeness (QED) is 0.587. The third kappa shape index (κ3) is 2.93. The molecule has 3 rings (SSSR count). The van der Waals surface area contributed by atoms with E-state index < -0.39 is 4.92 Å². The van der Waals surface area contributed by atoms with Gasteiger partial charge in [0, 0.05) is 27.1 Å². The van der Waals surface area contributed by atoms with Crippen molar-refractivity contribution in [2.75, 3.05) is 0 Å². The number of thiophene rings is 2. The summed E-state index contributed by atoms with van der Waals surface area (Å²) in [6.07, 6.45) is 0. The molecule has 106 valence electrons. The van der Waals surface area contributed by atoms with Crippen LogP contribution in [-0.4, -0.2) is 10.8 Å². The number of fused-ring (bicyclic) bond motifs is 1. The highest BCUT2D eigenvalue weighted by atomic mass is 32.1. The number of benzene rings is 1. The van der Waals surface area contributed by atoms with E-state index in [0.717, 1.165) is 15.0 Å². The maximum Gasteiger partial charge on any atom is 0.270 e. The van der Waals surface area contributed by atoms with Crippen LogP contribution in [0.4, 0.5) is 5.69 Å². The number of hydrogen-bond acceptors (Lipinski definition) is 5. The lowest BCUT2D eigenvalue weighted by Gasteiger charge is -2.00. The van der Waals surface area contributed by atoms with Crippen molar-refractivity contribution in [1.29, 1.82) is 0 Å². The molecule has 1 N–H and O–H groups in total. The summed E-state index contributed by atoms with van der Waals surface area (Å²) in [4.78, 5) is 24.1. The van der Waals surface area contributed by atoms with E-state index in [2.05, 4.69) is 5.32 Å². The summed E-state index contributed by atoms with van der Waals surface area (Å²) in [6.45, 7) is 0.491. The number of non-ortho nitro benzene ring substituents is 1. The second kappa shape index (κ2) is 5.63. The van der Waals surface area contributed by atoms with Crippen LogP contribution in [0.25, 0.3) is 10.1 Å². The highest BCUT2D eigenvalue weighted by molar-refractivity contribution is 7.20. The summed E-state index contributed by atoms with van der Waals surface area (Å²) in [7, 11) is 0. The Balaban J connectivity index is 1.80. The van der Waals surface area contributed by atoms with Gasteiger partial charge < -0.3 is 5.32 Å². The molecule has 1 aromatic carbocycles. The number of amides is 1. The van der Waals surface area contributed by atoms with Crippen LogP contribution in [0.1, 0.15) is 14.5 Å². The molecule has 0 saturated carbocycles. The molecule has 0 unspecified atom stereocenters. The molecule has 0 spiro atoms. The zero-order valence-corrected chi connectivity index (χ0v) is 12.4. The molecular formula is C14H10N2O3S2. The van der Waals surface area contributed by atoms with E-state index in [1.165, 1.54) is 23.5 Å². The predicted octanol–water partition coefficient (Wildman–Crippen LogP) is 3.80. The standard InChI is InChI=1S/C14H10N2O3S2/c17-14(15-8-11-2-1-5-20-11)13-7-9-6-10(16(18)19)3-4-12(9)21-13/h1-7H,8H2,(H,15,17). The molecule has 3 aromatic rings. The summed E-state index contributed by atoms with van der Waals surface area (Å²) in [5.74, 6) is -0.160. The summed E-state index contributed by atoms with van der Waals surface area (Å²) < 4.78 is 0.863. The van der Waals surface area contributed by atoms with Gasteiger partial charge in [-0.2, -0.15) is 0 Å². The Morgan fingerprint density at radius 3 is 2.86 bits per heavy atom. The topological polar surface area (TPSA) is 72.2 Å². The minimum Gasteiger partial charge on any atom is -0.346 e. The molecule has 2 aromatic heterocycles. The van der Waals surface area contributed by atoms with Gasteiger partial charge in [-0.05, 0) is 23.6 Å². The van der Waals surface area contributed by atoms with Crippen LogP contribution in [0.2, 0.25) is 0 Å². The average molecular weight is 318 g/mol. The fourth-order valence-electron chi connectivity index (χ4n) is 1.92. The van der Waals surface area contributed by atoms with Crippen molar-refractivity contribution in [3.63, 3.8) is 0 Å². The second-order valence-corrected chi connectivity index (χ2v) is 6.47. The van der Waals surface area contributed by atoms with Crippen LogP contribution in [0.3, 0.4) is 0 Å². The van der Waals surface area contributed by atoms with E-state index in [1.54, 1.807) is 23.5 Å². The Bertz CT molecular complexity index is 809. The van der Waals surface area contributed by atoms with E-state index in [9.17, 15) is 14.9 Å². The van der Waals surface area contributed by atoms with Crippen LogP contribution in [0.5, 0.6) is 0 Å². The molecule has 0 atom stereocenters. The summed E-state index contributed by atoms with van der Waals surface area (Å²) in [6, 6.07) is 10.2. The molecule has 0 aliphatic heterocycles. The number of rotatable bonds is 4. The lowest BCUT2D eigenvalue weighted by molar-refractivity contribution is -0.384. The van der Waals surface area contributed by atoms with E-state index in [1.807, 2.05) is 17.5 Å². The van der Waals surface area contributed by atoms with Crippen LogP contribution in [0.15, 0.2) is 41.8 Å². The van der Waals surface area contributed by atoms with Crippen molar-refractivity contribution in [2.45, 2.75) is 6.54 Å². The van der Waals surface area contributed by atoms with Crippen LogP contribution < -0.4 is 5.32 Å². The molecule has 0 radical (unpaired) electrons.